The van der Waals surface area contributed by atoms with Gasteiger partial charge in [0.2, 0.25) is 0 Å². The van der Waals surface area contributed by atoms with Gasteiger partial charge in [-0.3, -0.25) is 4.79 Å². The van der Waals surface area contributed by atoms with Crippen molar-refractivity contribution in [1.29, 1.82) is 0 Å². The predicted molar refractivity (Wildman–Crippen MR) is 88.1 cm³/mol. The van der Waals surface area contributed by atoms with Gasteiger partial charge < -0.3 is 10.2 Å². The van der Waals surface area contributed by atoms with E-state index in [1.807, 2.05) is 19.9 Å². The number of carbonyl (C=O) groups is 1. The fourth-order valence-electron chi connectivity index (χ4n) is 1.83. The molecular weight excluding hydrogens is 286 g/mol. The first-order valence-corrected chi connectivity index (χ1v) is 7.85. The number of halogens is 1. The van der Waals surface area contributed by atoms with Crippen molar-refractivity contribution in [3.8, 4) is 0 Å². The van der Waals surface area contributed by atoms with E-state index in [1.54, 1.807) is 6.07 Å². The Morgan fingerprint density at radius 3 is 2.57 bits per heavy atom. The number of amides is 1. The van der Waals surface area contributed by atoms with Crippen LogP contribution in [0.4, 0.5) is 0 Å². The van der Waals surface area contributed by atoms with Gasteiger partial charge in [-0.2, -0.15) is 0 Å². The van der Waals surface area contributed by atoms with E-state index < -0.39 is 0 Å². The first kappa shape index (κ1) is 17.9. The maximum absolute atomic E-state index is 12.1. The minimum Gasteiger partial charge on any atom is -0.352 e. The lowest BCUT2D eigenvalue weighted by Gasteiger charge is -2.20. The minimum atomic E-state index is -0.0894. The van der Waals surface area contributed by atoms with Gasteiger partial charge in [0.25, 0.3) is 5.91 Å². The van der Waals surface area contributed by atoms with Crippen LogP contribution >= 0.6 is 11.6 Å². The molecule has 0 spiro atoms. The van der Waals surface area contributed by atoms with Gasteiger partial charge in [0.05, 0.1) is 0 Å². The van der Waals surface area contributed by atoms with Crippen LogP contribution in [0.1, 0.15) is 56.1 Å². The molecule has 0 saturated carbocycles. The van der Waals surface area contributed by atoms with Gasteiger partial charge in [-0.25, -0.2) is 4.98 Å². The summed E-state index contributed by atoms with van der Waals surface area (Å²) in [5.41, 5.74) is 1.42. The van der Waals surface area contributed by atoms with Crippen LogP contribution in [0.25, 0.3) is 0 Å². The maximum atomic E-state index is 12.1. The molecule has 0 aliphatic carbocycles. The Morgan fingerprint density at radius 1 is 1.33 bits per heavy atom. The van der Waals surface area contributed by atoms with Gasteiger partial charge in [0.1, 0.15) is 5.15 Å². The summed E-state index contributed by atoms with van der Waals surface area (Å²) in [5.74, 6) is 0.156. The molecule has 0 atom stereocenters. The van der Waals surface area contributed by atoms with Gasteiger partial charge in [-0.05, 0) is 51.9 Å². The molecule has 0 aliphatic heterocycles. The van der Waals surface area contributed by atoms with Crippen LogP contribution in [-0.4, -0.2) is 42.0 Å². The number of hydrogen-bond donors (Lipinski definition) is 1. The minimum absolute atomic E-state index is 0.0894. The average Bonchev–Trinajstić information content (AvgIpc) is 2.42. The summed E-state index contributed by atoms with van der Waals surface area (Å²) in [7, 11) is 2.09. The van der Waals surface area contributed by atoms with E-state index in [9.17, 15) is 4.79 Å². The van der Waals surface area contributed by atoms with E-state index in [2.05, 4.69) is 36.1 Å². The molecule has 1 amide bonds. The molecule has 5 heteroatoms. The molecular formula is C16H26ClN3O. The summed E-state index contributed by atoms with van der Waals surface area (Å²) in [5, 5.41) is 3.30. The number of aromatic nitrogens is 1. The predicted octanol–water partition coefficient (Wildman–Crippen LogP) is 3.32. The highest BCUT2D eigenvalue weighted by Crippen LogP contribution is 2.17. The molecule has 0 saturated heterocycles. The smallest absolute Gasteiger partial charge is 0.251 e. The van der Waals surface area contributed by atoms with Gasteiger partial charge in [-0.1, -0.05) is 25.4 Å². The number of nitrogens with zero attached hydrogens (tertiary/aromatic N) is 2. The Bertz CT molecular complexity index is 475. The summed E-state index contributed by atoms with van der Waals surface area (Å²) in [6.45, 7) is 10.00. The Balaban J connectivity index is 2.52. The molecule has 118 valence electrons. The topological polar surface area (TPSA) is 45.2 Å². The van der Waals surface area contributed by atoms with E-state index in [1.165, 1.54) is 0 Å². The van der Waals surface area contributed by atoms with E-state index in [4.69, 9.17) is 11.6 Å². The molecule has 0 radical (unpaired) electrons. The van der Waals surface area contributed by atoms with Crippen molar-refractivity contribution in [2.75, 3.05) is 20.1 Å². The molecule has 0 bridgehead atoms. The Hall–Kier alpha value is -1.13. The standard InChI is InChI=1S/C16H26ClN3O/c1-11(2)14-9-13(10-15(17)19-14)16(21)18-7-6-8-20(5)12(3)4/h9-12H,6-8H2,1-5H3,(H,18,21). The van der Waals surface area contributed by atoms with Gasteiger partial charge in [0.15, 0.2) is 0 Å². The second-order valence-electron chi connectivity index (χ2n) is 5.94. The fourth-order valence-corrected chi connectivity index (χ4v) is 2.05. The molecule has 1 aromatic heterocycles. The normalized spacial score (nSPS) is 11.5. The lowest BCUT2D eigenvalue weighted by molar-refractivity contribution is 0.0951. The van der Waals surface area contributed by atoms with Crippen LogP contribution in [0, 0.1) is 0 Å². The Labute approximate surface area is 132 Å². The molecule has 0 aliphatic rings. The van der Waals surface area contributed by atoms with E-state index in [0.717, 1.165) is 18.7 Å². The van der Waals surface area contributed by atoms with Crippen LogP contribution in [0.5, 0.6) is 0 Å². The summed E-state index contributed by atoms with van der Waals surface area (Å²) in [4.78, 5) is 18.6. The van der Waals surface area contributed by atoms with Crippen LogP contribution in [0.3, 0.4) is 0 Å². The summed E-state index contributed by atoms with van der Waals surface area (Å²) in [6, 6.07) is 3.95. The zero-order chi connectivity index (χ0) is 16.0. The monoisotopic (exact) mass is 311 g/mol. The van der Waals surface area contributed by atoms with Crippen molar-refractivity contribution in [3.05, 3.63) is 28.5 Å². The maximum Gasteiger partial charge on any atom is 0.251 e. The third kappa shape index (κ3) is 6.02. The van der Waals surface area contributed by atoms with Crippen molar-refractivity contribution in [2.24, 2.45) is 0 Å². The summed E-state index contributed by atoms with van der Waals surface area (Å²) in [6.07, 6.45) is 0.927. The fraction of sp³-hybridized carbons (Fsp3) is 0.625. The highest BCUT2D eigenvalue weighted by atomic mass is 35.5. The zero-order valence-corrected chi connectivity index (χ0v) is 14.4. The van der Waals surface area contributed by atoms with E-state index >= 15 is 0 Å². The van der Waals surface area contributed by atoms with Crippen LogP contribution in [0.15, 0.2) is 12.1 Å². The summed E-state index contributed by atoms with van der Waals surface area (Å²) >= 11 is 5.98. The van der Waals surface area contributed by atoms with Gasteiger partial charge >= 0.3 is 0 Å². The van der Waals surface area contributed by atoms with Gasteiger partial charge in [-0.15, -0.1) is 0 Å². The Kier molecular flexibility index (Phi) is 7.12. The second kappa shape index (κ2) is 8.35. The van der Waals surface area contributed by atoms with Gasteiger partial charge in [0, 0.05) is 23.8 Å². The van der Waals surface area contributed by atoms with Crippen LogP contribution < -0.4 is 5.32 Å². The average molecular weight is 312 g/mol. The first-order chi connectivity index (χ1) is 9.81. The molecule has 1 heterocycles. The van der Waals surface area contributed by atoms with Crippen molar-refractivity contribution in [3.63, 3.8) is 0 Å². The summed E-state index contributed by atoms with van der Waals surface area (Å²) < 4.78 is 0. The number of nitrogens with one attached hydrogen (secondary N) is 1. The largest absolute Gasteiger partial charge is 0.352 e. The van der Waals surface area contributed by atoms with Crippen molar-refractivity contribution in [2.45, 2.75) is 46.1 Å². The number of hydrogen-bond acceptors (Lipinski definition) is 3. The third-order valence-corrected chi connectivity index (χ3v) is 3.72. The molecule has 1 rings (SSSR count). The molecule has 0 aromatic carbocycles. The van der Waals surface area contributed by atoms with Crippen LogP contribution in [0.2, 0.25) is 5.15 Å². The highest BCUT2D eigenvalue weighted by molar-refractivity contribution is 6.29. The quantitative estimate of drug-likeness (QED) is 0.620. The molecule has 1 N–H and O–H groups in total. The molecule has 0 fully saturated rings. The SMILES string of the molecule is CC(C)c1cc(C(=O)NCCCN(C)C(C)C)cc(Cl)n1. The van der Waals surface area contributed by atoms with Crippen LogP contribution in [-0.2, 0) is 0 Å². The lowest BCUT2D eigenvalue weighted by Crippen LogP contribution is -2.31. The lowest BCUT2D eigenvalue weighted by atomic mass is 10.1. The van der Waals surface area contributed by atoms with Crippen molar-refractivity contribution >= 4 is 17.5 Å². The number of rotatable bonds is 7. The van der Waals surface area contributed by atoms with Crippen molar-refractivity contribution < 1.29 is 4.79 Å². The number of carbonyl (C=O) groups excluding carboxylic acids is 1. The third-order valence-electron chi connectivity index (χ3n) is 3.52. The molecule has 1 aromatic rings. The number of pyridine rings is 1. The van der Waals surface area contributed by atoms with E-state index in [-0.39, 0.29) is 11.8 Å². The van der Waals surface area contributed by atoms with E-state index in [0.29, 0.717) is 23.3 Å². The zero-order valence-electron chi connectivity index (χ0n) is 13.6. The highest BCUT2D eigenvalue weighted by Gasteiger charge is 2.11. The molecule has 4 nitrogen and oxygen atoms in total. The second-order valence-corrected chi connectivity index (χ2v) is 6.33. The van der Waals surface area contributed by atoms with Crippen molar-refractivity contribution in [1.82, 2.24) is 15.2 Å². The molecule has 0 unspecified atom stereocenters. The first-order valence-electron chi connectivity index (χ1n) is 7.47. The Morgan fingerprint density at radius 2 is 2.00 bits per heavy atom. The molecule has 21 heavy (non-hydrogen) atoms.